The molecule has 1 aliphatic heterocycles. The van der Waals surface area contributed by atoms with Gasteiger partial charge in [-0.15, -0.1) is 0 Å². The van der Waals surface area contributed by atoms with Gasteiger partial charge in [-0.3, -0.25) is 4.90 Å². The third kappa shape index (κ3) is 4.02. The number of rotatable bonds is 4. The molecule has 1 heterocycles. The molecule has 1 unspecified atom stereocenters. The zero-order valence-corrected chi connectivity index (χ0v) is 11.4. The molecule has 94 valence electrons. The standard InChI is InChI=1S/C14H22N2S/c1-12-10-16(8-9-17-12)11-14-4-2-13(3-5-14)6-7-15/h2-5,12H,6-11,15H2,1H3. The third-order valence-electron chi connectivity index (χ3n) is 3.19. The van der Waals surface area contributed by atoms with E-state index in [2.05, 4.69) is 47.9 Å². The first-order valence-electron chi connectivity index (χ1n) is 6.40. The van der Waals surface area contributed by atoms with Crippen LogP contribution in [0.4, 0.5) is 0 Å². The van der Waals surface area contributed by atoms with E-state index in [9.17, 15) is 0 Å². The molecule has 1 fully saturated rings. The van der Waals surface area contributed by atoms with Crippen LogP contribution >= 0.6 is 11.8 Å². The summed E-state index contributed by atoms with van der Waals surface area (Å²) in [7, 11) is 0. The smallest absolute Gasteiger partial charge is 0.0234 e. The summed E-state index contributed by atoms with van der Waals surface area (Å²) in [6.07, 6.45) is 0.984. The maximum absolute atomic E-state index is 5.55. The van der Waals surface area contributed by atoms with Gasteiger partial charge < -0.3 is 5.73 Å². The molecular formula is C14H22N2S. The second kappa shape index (κ2) is 6.43. The number of nitrogens with two attached hydrogens (primary N) is 1. The average Bonchev–Trinajstić information content (AvgIpc) is 2.32. The van der Waals surface area contributed by atoms with Crippen molar-refractivity contribution in [2.75, 3.05) is 25.4 Å². The van der Waals surface area contributed by atoms with E-state index in [0.29, 0.717) is 0 Å². The van der Waals surface area contributed by atoms with Crippen molar-refractivity contribution in [2.24, 2.45) is 5.73 Å². The summed E-state index contributed by atoms with van der Waals surface area (Å²) in [6, 6.07) is 8.92. The molecule has 0 spiro atoms. The van der Waals surface area contributed by atoms with E-state index in [4.69, 9.17) is 5.73 Å². The SMILES string of the molecule is CC1CN(Cc2ccc(CCN)cc2)CCS1. The van der Waals surface area contributed by atoms with Crippen LogP contribution in [0.5, 0.6) is 0 Å². The summed E-state index contributed by atoms with van der Waals surface area (Å²) in [5.41, 5.74) is 8.32. The summed E-state index contributed by atoms with van der Waals surface area (Å²) in [5, 5.41) is 0.778. The van der Waals surface area contributed by atoms with Crippen LogP contribution in [0.1, 0.15) is 18.1 Å². The van der Waals surface area contributed by atoms with Gasteiger partial charge in [0.05, 0.1) is 0 Å². The molecule has 2 nitrogen and oxygen atoms in total. The fourth-order valence-electron chi connectivity index (χ4n) is 2.27. The molecule has 1 aromatic carbocycles. The summed E-state index contributed by atoms with van der Waals surface area (Å²) in [5.74, 6) is 1.27. The predicted molar refractivity (Wildman–Crippen MR) is 76.4 cm³/mol. The lowest BCUT2D eigenvalue weighted by atomic mass is 10.1. The van der Waals surface area contributed by atoms with E-state index < -0.39 is 0 Å². The minimum atomic E-state index is 0.736. The van der Waals surface area contributed by atoms with Gasteiger partial charge in [-0.2, -0.15) is 11.8 Å². The van der Waals surface area contributed by atoms with Gasteiger partial charge in [-0.1, -0.05) is 31.2 Å². The largest absolute Gasteiger partial charge is 0.330 e. The highest BCUT2D eigenvalue weighted by Gasteiger charge is 2.16. The van der Waals surface area contributed by atoms with Gasteiger partial charge in [-0.25, -0.2) is 0 Å². The summed E-state index contributed by atoms with van der Waals surface area (Å²) in [4.78, 5) is 2.55. The average molecular weight is 250 g/mol. The Kier molecular flexibility index (Phi) is 4.89. The quantitative estimate of drug-likeness (QED) is 0.887. The van der Waals surface area contributed by atoms with E-state index in [1.54, 1.807) is 0 Å². The normalized spacial score (nSPS) is 21.6. The molecule has 1 atom stereocenters. The van der Waals surface area contributed by atoms with Crippen LogP contribution in [-0.4, -0.2) is 35.5 Å². The van der Waals surface area contributed by atoms with Crippen LogP contribution in [-0.2, 0) is 13.0 Å². The van der Waals surface area contributed by atoms with Crippen molar-refractivity contribution in [1.29, 1.82) is 0 Å². The van der Waals surface area contributed by atoms with Gasteiger partial charge in [0.2, 0.25) is 0 Å². The maximum atomic E-state index is 5.55. The van der Waals surface area contributed by atoms with Crippen LogP contribution in [0.3, 0.4) is 0 Å². The fourth-order valence-corrected chi connectivity index (χ4v) is 3.35. The van der Waals surface area contributed by atoms with Crippen molar-refractivity contribution >= 4 is 11.8 Å². The van der Waals surface area contributed by atoms with Crippen LogP contribution in [0.25, 0.3) is 0 Å². The number of nitrogens with zero attached hydrogens (tertiary/aromatic N) is 1. The third-order valence-corrected chi connectivity index (χ3v) is 4.32. The fraction of sp³-hybridized carbons (Fsp3) is 0.571. The van der Waals surface area contributed by atoms with Gasteiger partial charge in [0.25, 0.3) is 0 Å². The Hall–Kier alpha value is -0.510. The molecule has 1 aliphatic rings. The number of thioether (sulfide) groups is 1. The Morgan fingerprint density at radius 3 is 2.65 bits per heavy atom. The summed E-state index contributed by atoms with van der Waals surface area (Å²) < 4.78 is 0. The lowest BCUT2D eigenvalue weighted by molar-refractivity contribution is 0.278. The molecule has 2 rings (SSSR count). The topological polar surface area (TPSA) is 29.3 Å². The van der Waals surface area contributed by atoms with E-state index in [1.807, 2.05) is 0 Å². The Labute approximate surface area is 109 Å². The zero-order chi connectivity index (χ0) is 12.1. The van der Waals surface area contributed by atoms with Crippen LogP contribution in [0, 0.1) is 0 Å². The molecule has 17 heavy (non-hydrogen) atoms. The lowest BCUT2D eigenvalue weighted by Gasteiger charge is -2.30. The van der Waals surface area contributed by atoms with Gasteiger partial charge >= 0.3 is 0 Å². The lowest BCUT2D eigenvalue weighted by Crippen LogP contribution is -2.35. The summed E-state index contributed by atoms with van der Waals surface area (Å²) in [6.45, 7) is 6.59. The number of benzene rings is 1. The minimum absolute atomic E-state index is 0.736. The predicted octanol–water partition coefficient (Wildman–Crippen LogP) is 2.13. The van der Waals surface area contributed by atoms with Crippen LogP contribution in [0.2, 0.25) is 0 Å². The summed E-state index contributed by atoms with van der Waals surface area (Å²) >= 11 is 2.09. The Bertz CT molecular complexity index is 337. The highest BCUT2D eigenvalue weighted by atomic mass is 32.2. The van der Waals surface area contributed by atoms with E-state index in [-0.39, 0.29) is 0 Å². The van der Waals surface area contributed by atoms with E-state index in [0.717, 1.165) is 24.8 Å². The monoisotopic (exact) mass is 250 g/mol. The van der Waals surface area contributed by atoms with E-state index >= 15 is 0 Å². The van der Waals surface area contributed by atoms with E-state index in [1.165, 1.54) is 30.0 Å². The van der Waals surface area contributed by atoms with Crippen LogP contribution in [0.15, 0.2) is 24.3 Å². The number of hydrogen-bond donors (Lipinski definition) is 1. The first kappa shape index (κ1) is 12.9. The Morgan fingerprint density at radius 2 is 2.00 bits per heavy atom. The molecule has 0 radical (unpaired) electrons. The van der Waals surface area contributed by atoms with Crippen molar-refractivity contribution in [3.05, 3.63) is 35.4 Å². The van der Waals surface area contributed by atoms with Gasteiger partial charge in [0.15, 0.2) is 0 Å². The molecule has 1 aromatic rings. The van der Waals surface area contributed by atoms with Crippen molar-refractivity contribution in [1.82, 2.24) is 4.90 Å². The number of hydrogen-bond acceptors (Lipinski definition) is 3. The van der Waals surface area contributed by atoms with Crippen molar-refractivity contribution in [3.8, 4) is 0 Å². The maximum Gasteiger partial charge on any atom is 0.0234 e. The second-order valence-corrected chi connectivity index (χ2v) is 6.32. The first-order valence-corrected chi connectivity index (χ1v) is 7.44. The molecule has 0 amide bonds. The molecule has 0 saturated carbocycles. The van der Waals surface area contributed by atoms with Gasteiger partial charge in [-0.05, 0) is 24.1 Å². The first-order chi connectivity index (χ1) is 8.28. The van der Waals surface area contributed by atoms with Crippen molar-refractivity contribution in [2.45, 2.75) is 25.1 Å². The van der Waals surface area contributed by atoms with Gasteiger partial charge in [0, 0.05) is 30.6 Å². The van der Waals surface area contributed by atoms with Crippen molar-refractivity contribution in [3.63, 3.8) is 0 Å². The second-order valence-electron chi connectivity index (χ2n) is 4.77. The highest BCUT2D eigenvalue weighted by molar-refractivity contribution is 7.99. The molecule has 1 saturated heterocycles. The molecular weight excluding hydrogens is 228 g/mol. The minimum Gasteiger partial charge on any atom is -0.330 e. The highest BCUT2D eigenvalue weighted by Crippen LogP contribution is 2.19. The Morgan fingerprint density at radius 1 is 1.29 bits per heavy atom. The Balaban J connectivity index is 1.89. The van der Waals surface area contributed by atoms with Crippen molar-refractivity contribution < 1.29 is 0 Å². The molecule has 0 aliphatic carbocycles. The molecule has 0 aromatic heterocycles. The van der Waals surface area contributed by atoms with Crippen LogP contribution < -0.4 is 5.73 Å². The molecule has 3 heteroatoms. The zero-order valence-electron chi connectivity index (χ0n) is 10.6. The molecule has 0 bridgehead atoms. The molecule has 2 N–H and O–H groups in total. The van der Waals surface area contributed by atoms with Gasteiger partial charge in [0.1, 0.15) is 0 Å².